The van der Waals surface area contributed by atoms with Crippen LogP contribution in [0.2, 0.25) is 0 Å². The largest absolute Gasteiger partial charge is 0.310 e. The lowest BCUT2D eigenvalue weighted by Crippen LogP contribution is -2.22. The van der Waals surface area contributed by atoms with E-state index in [0.29, 0.717) is 6.04 Å². The average Bonchev–Trinajstić information content (AvgIpc) is 2.33. The summed E-state index contributed by atoms with van der Waals surface area (Å²) in [5, 5.41) is 3.66. The zero-order valence-electron chi connectivity index (χ0n) is 12.4. The highest BCUT2D eigenvalue weighted by molar-refractivity contribution is 5.19. The van der Waals surface area contributed by atoms with Gasteiger partial charge in [-0.3, -0.25) is 4.98 Å². The molecule has 0 fully saturated rings. The Hall–Kier alpha value is -0.890. The molecule has 1 rings (SSSR count). The Balaban J connectivity index is 2.59. The number of hydrogen-bond donors (Lipinski definition) is 1. The van der Waals surface area contributed by atoms with Gasteiger partial charge < -0.3 is 5.32 Å². The molecule has 1 N–H and O–H groups in total. The molecule has 1 atom stereocenters. The van der Waals surface area contributed by atoms with E-state index < -0.39 is 0 Å². The van der Waals surface area contributed by atoms with Gasteiger partial charge in [-0.15, -0.1) is 0 Å². The van der Waals surface area contributed by atoms with E-state index in [4.69, 9.17) is 0 Å². The van der Waals surface area contributed by atoms with Crippen LogP contribution in [-0.2, 0) is 0 Å². The van der Waals surface area contributed by atoms with Gasteiger partial charge in [-0.2, -0.15) is 0 Å². The van der Waals surface area contributed by atoms with E-state index in [-0.39, 0.29) is 0 Å². The fourth-order valence-electron chi connectivity index (χ4n) is 2.22. The quantitative estimate of drug-likeness (QED) is 0.743. The van der Waals surface area contributed by atoms with Crippen molar-refractivity contribution in [1.82, 2.24) is 10.3 Å². The predicted octanol–water partition coefficient (Wildman–Crippen LogP) is 4.26. The minimum atomic E-state index is 0.491. The Bertz CT molecular complexity index is 334. The Morgan fingerprint density at radius 2 is 2.06 bits per heavy atom. The summed E-state index contributed by atoms with van der Waals surface area (Å²) >= 11 is 0. The first-order valence-electron chi connectivity index (χ1n) is 7.29. The van der Waals surface area contributed by atoms with Gasteiger partial charge in [0.25, 0.3) is 0 Å². The zero-order valence-corrected chi connectivity index (χ0v) is 12.4. The van der Waals surface area contributed by atoms with Gasteiger partial charge in [0.2, 0.25) is 0 Å². The molecule has 0 amide bonds. The van der Waals surface area contributed by atoms with Crippen LogP contribution in [0.5, 0.6) is 0 Å². The maximum atomic E-state index is 4.28. The van der Waals surface area contributed by atoms with Gasteiger partial charge in [-0.1, -0.05) is 33.6 Å². The summed E-state index contributed by atoms with van der Waals surface area (Å²) in [6.07, 6.45) is 6.94. The second-order valence-electron chi connectivity index (χ2n) is 5.56. The maximum absolute atomic E-state index is 4.28. The molecule has 0 saturated heterocycles. The van der Waals surface area contributed by atoms with Crippen LogP contribution >= 0.6 is 0 Å². The minimum absolute atomic E-state index is 0.491. The molecule has 1 heterocycles. The van der Waals surface area contributed by atoms with Crippen molar-refractivity contribution in [3.63, 3.8) is 0 Å². The molecule has 0 saturated carbocycles. The Kier molecular flexibility index (Phi) is 6.96. The maximum Gasteiger partial charge on any atom is 0.0375 e. The van der Waals surface area contributed by atoms with E-state index in [9.17, 15) is 0 Å². The molecule has 0 aliphatic carbocycles. The third-order valence-electron chi connectivity index (χ3n) is 3.24. The highest BCUT2D eigenvalue weighted by Gasteiger charge is 2.11. The van der Waals surface area contributed by atoms with E-state index in [0.717, 1.165) is 18.2 Å². The van der Waals surface area contributed by atoms with E-state index in [1.165, 1.54) is 31.2 Å². The van der Waals surface area contributed by atoms with Crippen molar-refractivity contribution in [2.45, 2.75) is 59.4 Å². The van der Waals surface area contributed by atoms with Crippen molar-refractivity contribution >= 4 is 0 Å². The molecule has 0 aromatic carbocycles. The fourth-order valence-corrected chi connectivity index (χ4v) is 2.22. The second kappa shape index (κ2) is 8.25. The number of rotatable bonds is 8. The van der Waals surface area contributed by atoms with Gasteiger partial charge in [-0.05, 0) is 49.9 Å². The predicted molar refractivity (Wildman–Crippen MR) is 78.7 cm³/mol. The summed E-state index contributed by atoms with van der Waals surface area (Å²) in [5.74, 6) is 0.802. The van der Waals surface area contributed by atoms with Gasteiger partial charge in [0.15, 0.2) is 0 Å². The van der Waals surface area contributed by atoms with Crippen molar-refractivity contribution in [1.29, 1.82) is 0 Å². The molecular formula is C16H28N2. The normalized spacial score (nSPS) is 12.9. The lowest BCUT2D eigenvalue weighted by molar-refractivity contribution is 0.447. The molecule has 2 heteroatoms. The molecule has 2 nitrogen and oxygen atoms in total. The molecule has 0 bridgehead atoms. The molecule has 0 spiro atoms. The first kappa shape index (κ1) is 15.2. The highest BCUT2D eigenvalue weighted by atomic mass is 14.9. The SMILES string of the molecule is CCCNC(CCCC(C)C)c1ccnc(C)c1. The molecule has 0 radical (unpaired) electrons. The first-order valence-corrected chi connectivity index (χ1v) is 7.29. The fraction of sp³-hybridized carbons (Fsp3) is 0.688. The van der Waals surface area contributed by atoms with E-state index in [1.807, 2.05) is 6.20 Å². The van der Waals surface area contributed by atoms with Crippen molar-refractivity contribution in [3.8, 4) is 0 Å². The molecule has 102 valence electrons. The summed E-state index contributed by atoms with van der Waals surface area (Å²) in [7, 11) is 0. The number of aryl methyl sites for hydroxylation is 1. The topological polar surface area (TPSA) is 24.9 Å². The van der Waals surface area contributed by atoms with Crippen molar-refractivity contribution in [2.24, 2.45) is 5.92 Å². The van der Waals surface area contributed by atoms with Crippen LogP contribution in [0.3, 0.4) is 0 Å². The van der Waals surface area contributed by atoms with Crippen LogP contribution in [0.1, 0.15) is 63.8 Å². The van der Waals surface area contributed by atoms with Crippen molar-refractivity contribution in [3.05, 3.63) is 29.6 Å². The Morgan fingerprint density at radius 1 is 1.28 bits per heavy atom. The summed E-state index contributed by atoms with van der Waals surface area (Å²) in [6, 6.07) is 4.85. The molecular weight excluding hydrogens is 220 g/mol. The van der Waals surface area contributed by atoms with Crippen LogP contribution in [0.15, 0.2) is 18.3 Å². The molecule has 1 aromatic rings. The number of hydrogen-bond acceptors (Lipinski definition) is 2. The van der Waals surface area contributed by atoms with E-state index >= 15 is 0 Å². The smallest absolute Gasteiger partial charge is 0.0375 e. The Morgan fingerprint density at radius 3 is 2.67 bits per heavy atom. The lowest BCUT2D eigenvalue weighted by Gasteiger charge is -2.19. The standard InChI is InChI=1S/C16H28N2/c1-5-10-18-16(8-6-7-13(2)3)15-9-11-17-14(4)12-15/h9,11-13,16,18H,5-8,10H2,1-4H3. The zero-order chi connectivity index (χ0) is 13.4. The third-order valence-corrected chi connectivity index (χ3v) is 3.24. The number of aromatic nitrogens is 1. The minimum Gasteiger partial charge on any atom is -0.310 e. The molecule has 0 aliphatic rings. The molecule has 0 aliphatic heterocycles. The highest BCUT2D eigenvalue weighted by Crippen LogP contribution is 2.21. The van der Waals surface area contributed by atoms with Crippen molar-refractivity contribution < 1.29 is 0 Å². The number of nitrogens with one attached hydrogen (secondary N) is 1. The number of nitrogens with zero attached hydrogens (tertiary/aromatic N) is 1. The van der Waals surface area contributed by atoms with Crippen LogP contribution in [0.4, 0.5) is 0 Å². The average molecular weight is 248 g/mol. The summed E-state index contributed by atoms with van der Waals surface area (Å²) in [5.41, 5.74) is 2.50. The first-order chi connectivity index (χ1) is 8.63. The van der Waals surface area contributed by atoms with E-state index in [2.05, 4.69) is 50.1 Å². The summed E-state index contributed by atoms with van der Waals surface area (Å²) in [4.78, 5) is 4.28. The van der Waals surface area contributed by atoms with Gasteiger partial charge in [0.1, 0.15) is 0 Å². The van der Waals surface area contributed by atoms with Gasteiger partial charge in [0.05, 0.1) is 0 Å². The summed E-state index contributed by atoms with van der Waals surface area (Å²) in [6.45, 7) is 9.97. The summed E-state index contributed by atoms with van der Waals surface area (Å²) < 4.78 is 0. The van der Waals surface area contributed by atoms with Crippen LogP contribution in [0, 0.1) is 12.8 Å². The van der Waals surface area contributed by atoms with Crippen LogP contribution in [0.25, 0.3) is 0 Å². The third kappa shape index (κ3) is 5.63. The van der Waals surface area contributed by atoms with Gasteiger partial charge >= 0.3 is 0 Å². The van der Waals surface area contributed by atoms with E-state index in [1.54, 1.807) is 0 Å². The number of pyridine rings is 1. The molecule has 1 aromatic heterocycles. The van der Waals surface area contributed by atoms with Gasteiger partial charge in [-0.25, -0.2) is 0 Å². The van der Waals surface area contributed by atoms with Crippen molar-refractivity contribution in [2.75, 3.05) is 6.54 Å². The molecule has 18 heavy (non-hydrogen) atoms. The van der Waals surface area contributed by atoms with Crippen LogP contribution < -0.4 is 5.32 Å². The Labute approximate surface area is 112 Å². The molecule has 1 unspecified atom stereocenters. The van der Waals surface area contributed by atoms with Crippen LogP contribution in [-0.4, -0.2) is 11.5 Å². The van der Waals surface area contributed by atoms with Gasteiger partial charge in [0, 0.05) is 17.9 Å². The lowest BCUT2D eigenvalue weighted by atomic mass is 9.98. The monoisotopic (exact) mass is 248 g/mol. The second-order valence-corrected chi connectivity index (χ2v) is 5.56.